The molecule has 0 radical (unpaired) electrons. The summed E-state index contributed by atoms with van der Waals surface area (Å²) in [7, 11) is 1.96. The van der Waals surface area contributed by atoms with Crippen LogP contribution in [0.4, 0.5) is 11.4 Å². The lowest BCUT2D eigenvalue weighted by Gasteiger charge is -2.08. The first-order valence-corrected chi connectivity index (χ1v) is 8.09. The molecule has 3 aromatic rings. The van der Waals surface area contributed by atoms with Gasteiger partial charge in [-0.1, -0.05) is 42.5 Å². The molecule has 110 valence electrons. The van der Waals surface area contributed by atoms with Crippen molar-refractivity contribution in [1.29, 1.82) is 0 Å². The summed E-state index contributed by atoms with van der Waals surface area (Å²) in [5.74, 6) is 0.596. The van der Waals surface area contributed by atoms with E-state index in [9.17, 15) is 0 Å². The Morgan fingerprint density at radius 3 is 2.55 bits per heavy atom. The molecule has 3 nitrogen and oxygen atoms in total. The Bertz CT molecular complexity index is 850. The van der Waals surface area contributed by atoms with Crippen LogP contribution in [0.3, 0.4) is 0 Å². The number of halogens is 1. The SMILES string of the molecule is C[N+](=C(N)Nc1cccc2ccccc12)c1cccc(I)c1. The number of nitrogens with one attached hydrogen (secondary N) is 1. The number of anilines is 1. The van der Waals surface area contributed by atoms with Gasteiger partial charge in [-0.3, -0.25) is 5.73 Å². The van der Waals surface area contributed by atoms with Crippen LogP contribution in [0.5, 0.6) is 0 Å². The van der Waals surface area contributed by atoms with Gasteiger partial charge in [0, 0.05) is 8.96 Å². The quantitative estimate of drug-likeness (QED) is 0.293. The first-order chi connectivity index (χ1) is 10.6. The average Bonchev–Trinajstić information content (AvgIpc) is 2.54. The van der Waals surface area contributed by atoms with Crippen LogP contribution < -0.4 is 11.1 Å². The van der Waals surface area contributed by atoms with Crippen LogP contribution >= 0.6 is 22.6 Å². The lowest BCUT2D eigenvalue weighted by Crippen LogP contribution is -2.31. The second kappa shape index (κ2) is 6.36. The molecular formula is C18H17IN3+. The van der Waals surface area contributed by atoms with Crippen LogP contribution in [0.2, 0.25) is 0 Å². The maximum absolute atomic E-state index is 6.25. The molecule has 0 heterocycles. The molecule has 0 atom stereocenters. The van der Waals surface area contributed by atoms with Gasteiger partial charge >= 0.3 is 5.96 Å². The van der Waals surface area contributed by atoms with E-state index < -0.39 is 0 Å². The Labute approximate surface area is 143 Å². The predicted molar refractivity (Wildman–Crippen MR) is 102 cm³/mol. The van der Waals surface area contributed by atoms with Crippen molar-refractivity contribution in [3.63, 3.8) is 0 Å². The first kappa shape index (κ1) is 14.8. The summed E-state index contributed by atoms with van der Waals surface area (Å²) in [6.45, 7) is 0. The van der Waals surface area contributed by atoms with Crippen LogP contribution in [-0.2, 0) is 0 Å². The van der Waals surface area contributed by atoms with Crippen LogP contribution in [0.25, 0.3) is 10.8 Å². The second-order valence-corrected chi connectivity index (χ2v) is 6.32. The summed E-state index contributed by atoms with van der Waals surface area (Å²) in [4.78, 5) is 0. The topological polar surface area (TPSA) is 41.1 Å². The first-order valence-electron chi connectivity index (χ1n) is 7.01. The summed E-state index contributed by atoms with van der Waals surface area (Å²) in [6, 6.07) is 22.7. The van der Waals surface area contributed by atoms with E-state index in [4.69, 9.17) is 5.73 Å². The summed E-state index contributed by atoms with van der Waals surface area (Å²) < 4.78 is 3.13. The highest BCUT2D eigenvalue weighted by molar-refractivity contribution is 14.1. The Hall–Kier alpha value is -2.08. The molecule has 0 fully saturated rings. The number of nitrogens with two attached hydrogens (primary N) is 1. The fourth-order valence-corrected chi connectivity index (χ4v) is 2.91. The Kier molecular flexibility index (Phi) is 4.29. The minimum absolute atomic E-state index is 0.596. The summed E-state index contributed by atoms with van der Waals surface area (Å²) >= 11 is 2.30. The Morgan fingerprint density at radius 1 is 1.00 bits per heavy atom. The molecule has 0 aromatic heterocycles. The molecule has 0 aliphatic heterocycles. The molecule has 22 heavy (non-hydrogen) atoms. The molecule has 4 heteroatoms. The van der Waals surface area contributed by atoms with E-state index in [1.54, 1.807) is 0 Å². The third-order valence-corrected chi connectivity index (χ3v) is 4.28. The van der Waals surface area contributed by atoms with Gasteiger partial charge in [0.05, 0.1) is 7.05 Å². The van der Waals surface area contributed by atoms with E-state index in [0.717, 1.165) is 16.8 Å². The number of fused-ring (bicyclic) bond motifs is 1. The van der Waals surface area contributed by atoms with E-state index >= 15 is 0 Å². The number of hydrogen-bond donors (Lipinski definition) is 2. The normalized spacial score (nSPS) is 12.1. The lowest BCUT2D eigenvalue weighted by molar-refractivity contribution is -0.406. The third-order valence-electron chi connectivity index (χ3n) is 3.61. The van der Waals surface area contributed by atoms with Gasteiger partial charge in [-0.05, 0) is 52.2 Å². The van der Waals surface area contributed by atoms with E-state index in [2.05, 4.69) is 58.2 Å². The largest absolute Gasteiger partial charge is 0.353 e. The molecular weight excluding hydrogens is 385 g/mol. The predicted octanol–water partition coefficient (Wildman–Crippen LogP) is 4.15. The Morgan fingerprint density at radius 2 is 1.73 bits per heavy atom. The van der Waals surface area contributed by atoms with Crippen molar-refractivity contribution in [2.75, 3.05) is 12.4 Å². The summed E-state index contributed by atoms with van der Waals surface area (Å²) in [5, 5.41) is 5.67. The monoisotopic (exact) mass is 402 g/mol. The standard InChI is InChI=1S/C18H16IN3/c1-22(15-9-5-8-14(19)12-15)18(20)21-17-11-4-7-13-6-2-3-10-16(13)17/h2-12H,1H3,(H2,20,21)/p+1. The van der Waals surface area contributed by atoms with Crippen molar-refractivity contribution < 1.29 is 4.58 Å². The minimum atomic E-state index is 0.596. The van der Waals surface area contributed by atoms with Gasteiger partial charge in [0.15, 0.2) is 0 Å². The molecule has 0 bridgehead atoms. The van der Waals surface area contributed by atoms with Crippen LogP contribution in [-0.4, -0.2) is 17.6 Å². The van der Waals surface area contributed by atoms with E-state index in [0.29, 0.717) is 5.96 Å². The summed E-state index contributed by atoms with van der Waals surface area (Å²) in [6.07, 6.45) is 0. The van der Waals surface area contributed by atoms with Gasteiger partial charge in [-0.15, -0.1) is 0 Å². The zero-order chi connectivity index (χ0) is 15.5. The molecule has 0 saturated carbocycles. The van der Waals surface area contributed by atoms with Crippen molar-refractivity contribution in [3.8, 4) is 0 Å². The zero-order valence-electron chi connectivity index (χ0n) is 12.3. The van der Waals surface area contributed by atoms with E-state index in [1.165, 1.54) is 8.96 Å². The smallest absolute Gasteiger partial charge is 0.290 e. The lowest BCUT2D eigenvalue weighted by atomic mass is 10.1. The second-order valence-electron chi connectivity index (χ2n) is 5.08. The number of benzene rings is 3. The highest BCUT2D eigenvalue weighted by Gasteiger charge is 2.10. The van der Waals surface area contributed by atoms with Gasteiger partial charge in [-0.2, -0.15) is 0 Å². The number of guanidine groups is 1. The van der Waals surface area contributed by atoms with Crippen LogP contribution in [0, 0.1) is 3.57 Å². The van der Waals surface area contributed by atoms with Gasteiger partial charge in [0.2, 0.25) is 0 Å². The molecule has 0 saturated heterocycles. The molecule has 3 aromatic carbocycles. The third kappa shape index (κ3) is 3.06. The zero-order valence-corrected chi connectivity index (χ0v) is 14.4. The molecule has 0 aliphatic rings. The van der Waals surface area contributed by atoms with Crippen molar-refractivity contribution in [2.24, 2.45) is 5.73 Å². The fraction of sp³-hybridized carbons (Fsp3) is 0.0556. The van der Waals surface area contributed by atoms with E-state index in [-0.39, 0.29) is 0 Å². The number of rotatable bonds is 2. The highest BCUT2D eigenvalue weighted by atomic mass is 127. The molecule has 3 rings (SSSR count). The van der Waals surface area contributed by atoms with Crippen molar-refractivity contribution >= 4 is 50.7 Å². The maximum atomic E-state index is 6.25. The molecule has 3 N–H and O–H groups in total. The van der Waals surface area contributed by atoms with Crippen molar-refractivity contribution in [1.82, 2.24) is 0 Å². The highest BCUT2D eigenvalue weighted by Crippen LogP contribution is 2.23. The van der Waals surface area contributed by atoms with Crippen LogP contribution in [0.15, 0.2) is 66.7 Å². The summed E-state index contributed by atoms with van der Waals surface area (Å²) in [5.41, 5.74) is 8.31. The van der Waals surface area contributed by atoms with Gasteiger partial charge < -0.3 is 0 Å². The Balaban J connectivity index is 1.99. The number of hydrogen-bond acceptors (Lipinski definition) is 0. The molecule has 0 amide bonds. The van der Waals surface area contributed by atoms with Gasteiger partial charge in [0.25, 0.3) is 0 Å². The molecule has 0 unspecified atom stereocenters. The number of nitrogens with zero attached hydrogens (tertiary/aromatic N) is 1. The molecule has 0 aliphatic carbocycles. The van der Waals surface area contributed by atoms with Crippen molar-refractivity contribution in [2.45, 2.75) is 0 Å². The van der Waals surface area contributed by atoms with Gasteiger partial charge in [0.1, 0.15) is 11.4 Å². The maximum Gasteiger partial charge on any atom is 0.353 e. The van der Waals surface area contributed by atoms with Crippen LogP contribution in [0.1, 0.15) is 0 Å². The molecule has 0 spiro atoms. The van der Waals surface area contributed by atoms with Crippen molar-refractivity contribution in [3.05, 3.63) is 70.3 Å². The van der Waals surface area contributed by atoms with E-state index in [1.807, 2.05) is 48.0 Å². The fourth-order valence-electron chi connectivity index (χ4n) is 2.38. The average molecular weight is 402 g/mol. The van der Waals surface area contributed by atoms with Gasteiger partial charge in [-0.25, -0.2) is 9.89 Å². The minimum Gasteiger partial charge on any atom is -0.290 e.